The summed E-state index contributed by atoms with van der Waals surface area (Å²) in [5, 5.41) is 9.27. The minimum atomic E-state index is -3.14. The Labute approximate surface area is 131 Å². The summed E-state index contributed by atoms with van der Waals surface area (Å²) >= 11 is 0. The van der Waals surface area contributed by atoms with Gasteiger partial charge < -0.3 is 10.0 Å². The number of rotatable bonds is 5. The van der Waals surface area contributed by atoms with Gasteiger partial charge in [0.1, 0.15) is 5.75 Å². The zero-order valence-electron chi connectivity index (χ0n) is 13.0. The van der Waals surface area contributed by atoms with Crippen molar-refractivity contribution in [2.24, 2.45) is 0 Å². The molecular formula is C16H23NO4S. The number of aryl methyl sites for hydroxylation is 1. The number of hydrogen-bond donors (Lipinski definition) is 1. The second-order valence-electron chi connectivity index (χ2n) is 6.00. The number of aromatic hydroxyl groups is 1. The molecule has 1 fully saturated rings. The molecule has 0 aromatic heterocycles. The predicted molar refractivity (Wildman–Crippen MR) is 85.5 cm³/mol. The number of para-hydroxylation sites is 1. The molecule has 6 heteroatoms. The van der Waals surface area contributed by atoms with Crippen LogP contribution in [0.1, 0.15) is 31.2 Å². The van der Waals surface area contributed by atoms with Gasteiger partial charge in [-0.15, -0.1) is 0 Å². The van der Waals surface area contributed by atoms with Crippen molar-refractivity contribution in [3.05, 3.63) is 29.8 Å². The molecular weight excluding hydrogens is 302 g/mol. The van der Waals surface area contributed by atoms with Crippen LogP contribution in [0.15, 0.2) is 24.3 Å². The molecule has 1 aliphatic carbocycles. The fraction of sp³-hybridized carbons (Fsp3) is 0.562. The summed E-state index contributed by atoms with van der Waals surface area (Å²) in [6.07, 6.45) is 4.15. The lowest BCUT2D eigenvalue weighted by molar-refractivity contribution is -0.131. The number of sulfone groups is 1. The van der Waals surface area contributed by atoms with Crippen LogP contribution in [0.2, 0.25) is 0 Å². The number of nitrogens with zero attached hydrogens (tertiary/aromatic N) is 1. The lowest BCUT2D eigenvalue weighted by Gasteiger charge is -2.29. The Morgan fingerprint density at radius 1 is 1.32 bits per heavy atom. The Morgan fingerprint density at radius 3 is 2.64 bits per heavy atom. The standard InChI is InChI=1S/C16H23NO4S/c1-17(13-7-5-9-15(13)22(2,20)21)16(19)11-10-12-6-3-4-8-14(12)18/h3-4,6,8,13,15,18H,5,7,9-11H2,1-2H3/t13-,15+/m1/s1. The smallest absolute Gasteiger partial charge is 0.222 e. The monoisotopic (exact) mass is 325 g/mol. The number of phenols is 1. The zero-order chi connectivity index (χ0) is 16.3. The van der Waals surface area contributed by atoms with E-state index in [0.717, 1.165) is 18.4 Å². The summed E-state index contributed by atoms with van der Waals surface area (Å²) in [4.78, 5) is 13.9. The van der Waals surface area contributed by atoms with Gasteiger partial charge in [-0.3, -0.25) is 4.79 Å². The summed E-state index contributed by atoms with van der Waals surface area (Å²) in [5.41, 5.74) is 0.732. The first-order valence-corrected chi connectivity index (χ1v) is 9.47. The summed E-state index contributed by atoms with van der Waals surface area (Å²) in [5.74, 6) is 0.108. The number of benzene rings is 1. The van der Waals surface area contributed by atoms with E-state index in [1.165, 1.54) is 6.26 Å². The van der Waals surface area contributed by atoms with E-state index in [9.17, 15) is 18.3 Å². The van der Waals surface area contributed by atoms with Crippen molar-refractivity contribution in [3.8, 4) is 5.75 Å². The van der Waals surface area contributed by atoms with Crippen LogP contribution in [-0.2, 0) is 21.1 Å². The second kappa shape index (κ2) is 6.69. The molecule has 1 aliphatic rings. The summed E-state index contributed by atoms with van der Waals surface area (Å²) in [6, 6.07) is 6.71. The van der Waals surface area contributed by atoms with Crippen LogP contribution in [0.5, 0.6) is 5.75 Å². The van der Waals surface area contributed by atoms with Crippen LogP contribution in [-0.4, -0.2) is 48.9 Å². The van der Waals surface area contributed by atoms with Crippen molar-refractivity contribution < 1.29 is 18.3 Å². The van der Waals surface area contributed by atoms with Gasteiger partial charge in [-0.05, 0) is 37.3 Å². The van der Waals surface area contributed by atoms with Gasteiger partial charge in [-0.25, -0.2) is 8.42 Å². The molecule has 0 radical (unpaired) electrons. The predicted octanol–water partition coefficient (Wildman–Crippen LogP) is 1.75. The van der Waals surface area contributed by atoms with Crippen molar-refractivity contribution in [3.63, 3.8) is 0 Å². The van der Waals surface area contributed by atoms with Crippen molar-refractivity contribution in [2.75, 3.05) is 13.3 Å². The van der Waals surface area contributed by atoms with Gasteiger partial charge in [0, 0.05) is 25.8 Å². The summed E-state index contributed by atoms with van der Waals surface area (Å²) in [6.45, 7) is 0. The largest absolute Gasteiger partial charge is 0.508 e. The molecule has 0 aliphatic heterocycles. The first-order chi connectivity index (χ1) is 10.3. The Hall–Kier alpha value is -1.56. The fourth-order valence-electron chi connectivity index (χ4n) is 3.17. The molecule has 1 amide bonds. The summed E-state index contributed by atoms with van der Waals surface area (Å²) < 4.78 is 23.6. The van der Waals surface area contributed by atoms with Gasteiger partial charge in [-0.2, -0.15) is 0 Å². The highest BCUT2D eigenvalue weighted by Gasteiger charge is 2.38. The molecule has 122 valence electrons. The molecule has 1 aromatic rings. The molecule has 2 rings (SSSR count). The average molecular weight is 325 g/mol. The molecule has 0 saturated heterocycles. The normalized spacial score (nSPS) is 21.7. The van der Waals surface area contributed by atoms with Gasteiger partial charge in [0.2, 0.25) is 5.91 Å². The van der Waals surface area contributed by atoms with Crippen LogP contribution >= 0.6 is 0 Å². The van der Waals surface area contributed by atoms with E-state index >= 15 is 0 Å². The molecule has 0 heterocycles. The number of carbonyl (C=O) groups excluding carboxylic acids is 1. The Balaban J connectivity index is 1.99. The number of amides is 1. The molecule has 0 bridgehead atoms. The van der Waals surface area contributed by atoms with Gasteiger partial charge in [0.05, 0.1) is 5.25 Å². The van der Waals surface area contributed by atoms with Gasteiger partial charge in [-0.1, -0.05) is 18.2 Å². The topological polar surface area (TPSA) is 74.7 Å². The van der Waals surface area contributed by atoms with Crippen LogP contribution in [0, 0.1) is 0 Å². The van der Waals surface area contributed by atoms with Crippen molar-refractivity contribution in [1.82, 2.24) is 4.90 Å². The molecule has 1 aromatic carbocycles. The van der Waals surface area contributed by atoms with Crippen molar-refractivity contribution in [2.45, 2.75) is 43.4 Å². The molecule has 1 N–H and O–H groups in total. The molecule has 1 saturated carbocycles. The van der Waals surface area contributed by atoms with Gasteiger partial charge in [0.15, 0.2) is 9.84 Å². The van der Waals surface area contributed by atoms with Crippen molar-refractivity contribution in [1.29, 1.82) is 0 Å². The van der Waals surface area contributed by atoms with E-state index in [4.69, 9.17) is 0 Å². The van der Waals surface area contributed by atoms with Crippen LogP contribution in [0.25, 0.3) is 0 Å². The van der Waals surface area contributed by atoms with Crippen LogP contribution in [0.4, 0.5) is 0 Å². The van der Waals surface area contributed by atoms with E-state index in [-0.39, 0.29) is 24.1 Å². The quantitative estimate of drug-likeness (QED) is 0.895. The SMILES string of the molecule is CN(C(=O)CCc1ccccc1O)[C@@H]1CCC[C@@H]1S(C)(=O)=O. The lowest BCUT2D eigenvalue weighted by atomic mass is 10.1. The molecule has 0 spiro atoms. The minimum absolute atomic E-state index is 0.0798. The third kappa shape index (κ3) is 3.80. The van der Waals surface area contributed by atoms with E-state index in [1.807, 2.05) is 6.07 Å². The zero-order valence-corrected chi connectivity index (χ0v) is 13.8. The first kappa shape index (κ1) is 16.8. The first-order valence-electron chi connectivity index (χ1n) is 7.52. The third-order valence-corrected chi connectivity index (χ3v) is 6.11. The number of carbonyl (C=O) groups is 1. The fourth-order valence-corrected chi connectivity index (χ4v) is 4.66. The Bertz CT molecular complexity index is 641. The van der Waals surface area contributed by atoms with Gasteiger partial charge in [0.25, 0.3) is 0 Å². The van der Waals surface area contributed by atoms with E-state index in [2.05, 4.69) is 0 Å². The Morgan fingerprint density at radius 2 is 2.00 bits per heavy atom. The van der Waals surface area contributed by atoms with E-state index < -0.39 is 15.1 Å². The maximum Gasteiger partial charge on any atom is 0.222 e. The van der Waals surface area contributed by atoms with Gasteiger partial charge >= 0.3 is 0 Å². The number of phenolic OH excluding ortho intramolecular Hbond substituents is 1. The average Bonchev–Trinajstić information content (AvgIpc) is 2.94. The molecule has 2 atom stereocenters. The highest BCUT2D eigenvalue weighted by Crippen LogP contribution is 2.29. The molecule has 5 nitrogen and oxygen atoms in total. The van der Waals surface area contributed by atoms with E-state index in [1.54, 1.807) is 30.1 Å². The molecule has 0 unspecified atom stereocenters. The maximum absolute atomic E-state index is 12.3. The molecule has 22 heavy (non-hydrogen) atoms. The third-order valence-electron chi connectivity index (χ3n) is 4.46. The highest BCUT2D eigenvalue weighted by molar-refractivity contribution is 7.91. The van der Waals surface area contributed by atoms with Crippen LogP contribution < -0.4 is 0 Å². The van der Waals surface area contributed by atoms with Crippen molar-refractivity contribution >= 4 is 15.7 Å². The number of hydrogen-bond acceptors (Lipinski definition) is 4. The second-order valence-corrected chi connectivity index (χ2v) is 8.26. The Kier molecular flexibility index (Phi) is 5.11. The lowest BCUT2D eigenvalue weighted by Crippen LogP contribution is -2.44. The van der Waals surface area contributed by atoms with E-state index in [0.29, 0.717) is 12.8 Å². The minimum Gasteiger partial charge on any atom is -0.508 e. The highest BCUT2D eigenvalue weighted by atomic mass is 32.2. The van der Waals surface area contributed by atoms with Crippen LogP contribution in [0.3, 0.4) is 0 Å². The summed E-state index contributed by atoms with van der Waals surface area (Å²) in [7, 11) is -1.46. The maximum atomic E-state index is 12.3.